The topological polar surface area (TPSA) is 46.2 Å². The van der Waals surface area contributed by atoms with E-state index in [4.69, 9.17) is 5.73 Å². The normalized spacial score (nSPS) is 15.1. The molecule has 2 nitrogen and oxygen atoms in total. The molecule has 0 saturated carbocycles. The van der Waals surface area contributed by atoms with Gasteiger partial charge in [0.2, 0.25) is 0 Å². The number of hydrogen-bond donors (Lipinski definition) is 2. The fraction of sp³-hybridized carbons (Fsp3) is 0.455. The molecule has 3 heteroatoms. The first-order chi connectivity index (χ1) is 6.63. The Kier molecular flexibility index (Phi) is 4.04. The molecule has 0 bridgehead atoms. The molecule has 78 valence electrons. The van der Waals surface area contributed by atoms with Crippen LogP contribution in [0.25, 0.3) is 0 Å². The van der Waals surface area contributed by atoms with Crippen LogP contribution in [-0.2, 0) is 6.42 Å². The van der Waals surface area contributed by atoms with Gasteiger partial charge in [-0.05, 0) is 18.1 Å². The minimum absolute atomic E-state index is 0.189. The lowest BCUT2D eigenvalue weighted by Crippen LogP contribution is -2.11. The van der Waals surface area contributed by atoms with Gasteiger partial charge in [0.05, 0.1) is 6.10 Å². The molecule has 0 aliphatic rings. The van der Waals surface area contributed by atoms with Crippen LogP contribution in [0.3, 0.4) is 0 Å². The third-order valence-electron chi connectivity index (χ3n) is 2.08. The number of aliphatic hydroxyl groups is 1. The highest BCUT2D eigenvalue weighted by Crippen LogP contribution is 2.15. The second-order valence-corrected chi connectivity index (χ2v) is 3.48. The Hall–Kier alpha value is -0.930. The van der Waals surface area contributed by atoms with Crippen LogP contribution in [0.15, 0.2) is 24.3 Å². The van der Waals surface area contributed by atoms with Gasteiger partial charge in [0.25, 0.3) is 0 Å². The van der Waals surface area contributed by atoms with Gasteiger partial charge in [-0.15, -0.1) is 0 Å². The summed E-state index contributed by atoms with van der Waals surface area (Å²) >= 11 is 0. The van der Waals surface area contributed by atoms with E-state index in [1.165, 1.54) is 6.92 Å². The first kappa shape index (κ1) is 11.1. The van der Waals surface area contributed by atoms with Gasteiger partial charge in [0.15, 0.2) is 0 Å². The van der Waals surface area contributed by atoms with Crippen molar-refractivity contribution < 1.29 is 9.50 Å². The SMILES string of the molecule is CC(F)Cc1cccc(C(O)CN)c1. The van der Waals surface area contributed by atoms with E-state index in [1.54, 1.807) is 12.1 Å². The molecule has 1 aromatic rings. The average molecular weight is 197 g/mol. The van der Waals surface area contributed by atoms with Crippen LogP contribution in [0.5, 0.6) is 0 Å². The highest BCUT2D eigenvalue weighted by atomic mass is 19.1. The number of aliphatic hydroxyl groups excluding tert-OH is 1. The zero-order chi connectivity index (χ0) is 10.6. The van der Waals surface area contributed by atoms with Crippen molar-refractivity contribution in [2.24, 2.45) is 5.73 Å². The number of rotatable bonds is 4. The highest BCUT2D eigenvalue weighted by Gasteiger charge is 2.06. The summed E-state index contributed by atoms with van der Waals surface area (Å²) in [5.74, 6) is 0. The van der Waals surface area contributed by atoms with Crippen LogP contribution in [0.2, 0.25) is 0 Å². The molecule has 0 aromatic heterocycles. The molecule has 0 radical (unpaired) electrons. The summed E-state index contributed by atoms with van der Waals surface area (Å²) in [4.78, 5) is 0. The van der Waals surface area contributed by atoms with E-state index >= 15 is 0 Å². The molecule has 1 aromatic carbocycles. The van der Waals surface area contributed by atoms with Crippen LogP contribution in [0.4, 0.5) is 4.39 Å². The predicted molar refractivity (Wildman–Crippen MR) is 54.7 cm³/mol. The Morgan fingerprint density at radius 3 is 2.79 bits per heavy atom. The summed E-state index contributed by atoms with van der Waals surface area (Å²) in [6, 6.07) is 7.26. The van der Waals surface area contributed by atoms with Gasteiger partial charge in [0, 0.05) is 13.0 Å². The Morgan fingerprint density at radius 2 is 2.21 bits per heavy atom. The van der Waals surface area contributed by atoms with E-state index in [0.29, 0.717) is 6.42 Å². The largest absolute Gasteiger partial charge is 0.387 e. The summed E-state index contributed by atoms with van der Waals surface area (Å²) in [6.07, 6.45) is -1.13. The van der Waals surface area contributed by atoms with Gasteiger partial charge in [-0.25, -0.2) is 4.39 Å². The van der Waals surface area contributed by atoms with Crippen molar-refractivity contribution in [1.29, 1.82) is 0 Å². The van der Waals surface area contributed by atoms with Crippen LogP contribution >= 0.6 is 0 Å². The quantitative estimate of drug-likeness (QED) is 0.769. The summed E-state index contributed by atoms with van der Waals surface area (Å²) in [5.41, 5.74) is 6.98. The van der Waals surface area contributed by atoms with Crippen molar-refractivity contribution in [3.8, 4) is 0 Å². The van der Waals surface area contributed by atoms with E-state index in [9.17, 15) is 9.50 Å². The van der Waals surface area contributed by atoms with Crippen molar-refractivity contribution in [3.05, 3.63) is 35.4 Å². The van der Waals surface area contributed by atoms with Gasteiger partial charge in [0.1, 0.15) is 6.17 Å². The van der Waals surface area contributed by atoms with E-state index in [2.05, 4.69) is 0 Å². The number of nitrogens with two attached hydrogens (primary N) is 1. The van der Waals surface area contributed by atoms with Gasteiger partial charge >= 0.3 is 0 Å². The summed E-state index contributed by atoms with van der Waals surface area (Å²) in [7, 11) is 0. The van der Waals surface area contributed by atoms with Crippen LogP contribution in [0.1, 0.15) is 24.2 Å². The molecule has 0 saturated heterocycles. The molecular weight excluding hydrogens is 181 g/mol. The molecule has 0 heterocycles. The molecule has 0 aliphatic carbocycles. The number of hydrogen-bond acceptors (Lipinski definition) is 2. The Labute approximate surface area is 83.6 Å². The van der Waals surface area contributed by atoms with E-state index < -0.39 is 12.3 Å². The molecule has 0 aliphatic heterocycles. The van der Waals surface area contributed by atoms with Crippen molar-refractivity contribution in [1.82, 2.24) is 0 Å². The molecule has 14 heavy (non-hydrogen) atoms. The third-order valence-corrected chi connectivity index (χ3v) is 2.08. The lowest BCUT2D eigenvalue weighted by Gasteiger charge is -2.10. The first-order valence-electron chi connectivity index (χ1n) is 4.74. The Balaban J connectivity index is 2.78. The van der Waals surface area contributed by atoms with Gasteiger partial charge in [-0.3, -0.25) is 0 Å². The van der Waals surface area contributed by atoms with Gasteiger partial charge in [-0.2, -0.15) is 0 Å². The molecule has 3 N–H and O–H groups in total. The van der Waals surface area contributed by atoms with Gasteiger partial charge in [-0.1, -0.05) is 24.3 Å². The molecule has 2 unspecified atom stereocenters. The van der Waals surface area contributed by atoms with Crippen molar-refractivity contribution in [2.45, 2.75) is 25.6 Å². The summed E-state index contributed by atoms with van der Waals surface area (Å²) in [6.45, 7) is 1.71. The molecule has 2 atom stereocenters. The lowest BCUT2D eigenvalue weighted by molar-refractivity contribution is 0.186. The smallest absolute Gasteiger partial charge is 0.101 e. The maximum Gasteiger partial charge on any atom is 0.101 e. The zero-order valence-corrected chi connectivity index (χ0v) is 8.28. The standard InChI is InChI=1S/C11H16FNO/c1-8(12)5-9-3-2-4-10(6-9)11(14)7-13/h2-4,6,8,11,14H,5,7,13H2,1H3. The molecular formula is C11H16FNO. The Bertz CT molecular complexity index is 288. The fourth-order valence-corrected chi connectivity index (χ4v) is 1.39. The monoisotopic (exact) mass is 197 g/mol. The van der Waals surface area contributed by atoms with E-state index in [-0.39, 0.29) is 6.54 Å². The average Bonchev–Trinajstić information content (AvgIpc) is 2.16. The lowest BCUT2D eigenvalue weighted by atomic mass is 10.0. The summed E-state index contributed by atoms with van der Waals surface area (Å²) < 4.78 is 12.7. The maximum atomic E-state index is 12.7. The minimum atomic E-state index is -0.861. The number of alkyl halides is 1. The third kappa shape index (κ3) is 3.09. The number of halogens is 1. The second-order valence-electron chi connectivity index (χ2n) is 3.48. The zero-order valence-electron chi connectivity index (χ0n) is 8.28. The number of benzene rings is 1. The minimum Gasteiger partial charge on any atom is -0.387 e. The molecule has 0 fully saturated rings. The molecule has 0 amide bonds. The van der Waals surface area contributed by atoms with Crippen LogP contribution < -0.4 is 5.73 Å². The Morgan fingerprint density at radius 1 is 1.50 bits per heavy atom. The fourth-order valence-electron chi connectivity index (χ4n) is 1.39. The van der Waals surface area contributed by atoms with E-state index in [0.717, 1.165) is 11.1 Å². The first-order valence-corrected chi connectivity index (χ1v) is 4.74. The van der Waals surface area contributed by atoms with Crippen molar-refractivity contribution >= 4 is 0 Å². The predicted octanol–water partition coefficient (Wildman–Crippen LogP) is 1.58. The highest BCUT2D eigenvalue weighted by molar-refractivity contribution is 5.25. The maximum absolute atomic E-state index is 12.7. The summed E-state index contributed by atoms with van der Waals surface area (Å²) in [5, 5.41) is 9.47. The molecule has 0 spiro atoms. The van der Waals surface area contributed by atoms with Crippen LogP contribution in [0, 0.1) is 0 Å². The van der Waals surface area contributed by atoms with Gasteiger partial charge < -0.3 is 10.8 Å². The van der Waals surface area contributed by atoms with E-state index in [1.807, 2.05) is 12.1 Å². The van der Waals surface area contributed by atoms with Crippen molar-refractivity contribution in [3.63, 3.8) is 0 Å². The molecule has 1 rings (SSSR count). The second kappa shape index (κ2) is 5.08. The van der Waals surface area contributed by atoms with Crippen molar-refractivity contribution in [2.75, 3.05) is 6.54 Å². The van der Waals surface area contributed by atoms with Crippen LogP contribution in [-0.4, -0.2) is 17.8 Å².